The topological polar surface area (TPSA) is 21.3 Å². The monoisotopic (exact) mass is 291 g/mol. The predicted molar refractivity (Wildman–Crippen MR) is 77.7 cm³/mol. The first kappa shape index (κ1) is 13.4. The van der Waals surface area contributed by atoms with Gasteiger partial charge in [-0.25, -0.2) is 4.39 Å². The van der Waals surface area contributed by atoms with Crippen molar-refractivity contribution in [3.63, 3.8) is 0 Å². The molecule has 0 fully saturated rings. The van der Waals surface area contributed by atoms with Gasteiger partial charge in [-0.1, -0.05) is 29.8 Å². The number of para-hydroxylation sites is 1. The zero-order chi connectivity index (χ0) is 13.9. The Bertz CT molecular complexity index is 592. The van der Waals surface area contributed by atoms with Crippen molar-refractivity contribution >= 4 is 11.6 Å². The van der Waals surface area contributed by atoms with E-state index in [9.17, 15) is 4.39 Å². The molecule has 1 unspecified atom stereocenters. The Morgan fingerprint density at radius 3 is 2.95 bits per heavy atom. The van der Waals surface area contributed by atoms with Crippen LogP contribution in [0, 0.1) is 5.82 Å². The second-order valence-corrected chi connectivity index (χ2v) is 5.33. The van der Waals surface area contributed by atoms with E-state index in [2.05, 4.69) is 11.4 Å². The summed E-state index contributed by atoms with van der Waals surface area (Å²) in [6.07, 6.45) is 1.03. The summed E-state index contributed by atoms with van der Waals surface area (Å²) in [6, 6.07) is 12.5. The van der Waals surface area contributed by atoms with Gasteiger partial charge in [0.25, 0.3) is 0 Å². The summed E-state index contributed by atoms with van der Waals surface area (Å²) in [6.45, 7) is 1.24. The molecular weight excluding hydrogens is 277 g/mol. The molecule has 1 heterocycles. The molecule has 0 saturated carbocycles. The number of benzene rings is 2. The van der Waals surface area contributed by atoms with Crippen molar-refractivity contribution in [3.8, 4) is 5.75 Å². The highest BCUT2D eigenvalue weighted by Crippen LogP contribution is 2.27. The van der Waals surface area contributed by atoms with Gasteiger partial charge >= 0.3 is 0 Å². The first-order valence-electron chi connectivity index (χ1n) is 6.61. The fraction of sp³-hybridized carbons (Fsp3) is 0.250. The molecule has 0 aliphatic carbocycles. The van der Waals surface area contributed by atoms with Crippen LogP contribution in [-0.2, 0) is 13.0 Å². The smallest absolute Gasteiger partial charge is 0.123 e. The van der Waals surface area contributed by atoms with Crippen LogP contribution < -0.4 is 10.1 Å². The van der Waals surface area contributed by atoms with Gasteiger partial charge in [-0.3, -0.25) is 0 Å². The number of halogens is 2. The maximum Gasteiger partial charge on any atom is 0.123 e. The van der Waals surface area contributed by atoms with E-state index < -0.39 is 0 Å². The third kappa shape index (κ3) is 2.94. The highest BCUT2D eigenvalue weighted by Gasteiger charge is 2.21. The van der Waals surface area contributed by atoms with E-state index in [0.29, 0.717) is 18.1 Å². The maximum absolute atomic E-state index is 13.1. The highest BCUT2D eigenvalue weighted by atomic mass is 35.5. The van der Waals surface area contributed by atoms with Crippen molar-refractivity contribution < 1.29 is 9.13 Å². The van der Waals surface area contributed by atoms with Crippen molar-refractivity contribution in [1.82, 2.24) is 5.32 Å². The van der Waals surface area contributed by atoms with Crippen molar-refractivity contribution in [3.05, 3.63) is 64.4 Å². The van der Waals surface area contributed by atoms with E-state index in [0.717, 1.165) is 17.7 Å². The third-order valence-corrected chi connectivity index (χ3v) is 3.78. The van der Waals surface area contributed by atoms with Gasteiger partial charge in [0.2, 0.25) is 0 Å². The number of hydrogen-bond donors (Lipinski definition) is 1. The second-order valence-electron chi connectivity index (χ2n) is 4.92. The van der Waals surface area contributed by atoms with Gasteiger partial charge in [0, 0.05) is 24.5 Å². The fourth-order valence-corrected chi connectivity index (χ4v) is 2.60. The molecule has 4 heteroatoms. The van der Waals surface area contributed by atoms with Gasteiger partial charge in [-0.05, 0) is 35.4 Å². The Kier molecular flexibility index (Phi) is 3.90. The molecular formula is C16H15ClFNO. The lowest BCUT2D eigenvalue weighted by Crippen LogP contribution is -2.29. The molecule has 0 aromatic heterocycles. The SMILES string of the molecule is Fc1ccc(Cl)c(CNCC2Cc3ccccc3O2)c1. The normalized spacial score (nSPS) is 16.8. The molecule has 3 rings (SSSR count). The summed E-state index contributed by atoms with van der Waals surface area (Å²) in [5.74, 6) is 0.693. The van der Waals surface area contributed by atoms with Crippen molar-refractivity contribution in [2.24, 2.45) is 0 Å². The summed E-state index contributed by atoms with van der Waals surface area (Å²) in [4.78, 5) is 0. The van der Waals surface area contributed by atoms with E-state index >= 15 is 0 Å². The highest BCUT2D eigenvalue weighted by molar-refractivity contribution is 6.31. The Balaban J connectivity index is 1.53. The molecule has 1 aliphatic heterocycles. The van der Waals surface area contributed by atoms with Crippen molar-refractivity contribution in [1.29, 1.82) is 0 Å². The molecule has 0 spiro atoms. The minimum atomic E-state index is -0.268. The lowest BCUT2D eigenvalue weighted by molar-refractivity contribution is 0.227. The Hall–Kier alpha value is -1.58. The zero-order valence-corrected chi connectivity index (χ0v) is 11.7. The Morgan fingerprint density at radius 2 is 2.10 bits per heavy atom. The van der Waals surface area contributed by atoms with E-state index in [1.807, 2.05) is 18.2 Å². The lowest BCUT2D eigenvalue weighted by Gasteiger charge is -2.12. The molecule has 0 saturated heterocycles. The van der Waals surface area contributed by atoms with Crippen LogP contribution in [0.5, 0.6) is 5.75 Å². The van der Waals surface area contributed by atoms with Gasteiger partial charge in [0.15, 0.2) is 0 Å². The molecule has 1 aliphatic rings. The van der Waals surface area contributed by atoms with E-state index in [1.54, 1.807) is 6.07 Å². The van der Waals surface area contributed by atoms with Crippen LogP contribution in [0.25, 0.3) is 0 Å². The van der Waals surface area contributed by atoms with Crippen LogP contribution >= 0.6 is 11.6 Å². The molecule has 0 amide bonds. The minimum Gasteiger partial charge on any atom is -0.488 e. The maximum atomic E-state index is 13.1. The van der Waals surface area contributed by atoms with Gasteiger partial charge in [0.05, 0.1) is 0 Å². The Morgan fingerprint density at radius 1 is 1.25 bits per heavy atom. The number of fused-ring (bicyclic) bond motifs is 1. The summed E-state index contributed by atoms with van der Waals surface area (Å²) in [5.41, 5.74) is 2.00. The molecule has 2 aromatic rings. The van der Waals surface area contributed by atoms with E-state index in [1.165, 1.54) is 17.7 Å². The summed E-state index contributed by atoms with van der Waals surface area (Å²) in [5, 5.41) is 3.85. The molecule has 0 radical (unpaired) electrons. The van der Waals surface area contributed by atoms with Crippen LogP contribution in [0.15, 0.2) is 42.5 Å². The van der Waals surface area contributed by atoms with E-state index in [4.69, 9.17) is 16.3 Å². The standard InChI is InChI=1S/C16H15ClFNO/c17-15-6-5-13(18)7-12(15)9-19-10-14-8-11-3-1-2-4-16(11)20-14/h1-7,14,19H,8-10H2. The molecule has 1 N–H and O–H groups in total. The van der Waals surface area contributed by atoms with Gasteiger partial charge in [0.1, 0.15) is 17.7 Å². The molecule has 0 bridgehead atoms. The molecule has 1 atom stereocenters. The molecule has 104 valence electrons. The summed E-state index contributed by atoms with van der Waals surface area (Å²) in [7, 11) is 0. The quantitative estimate of drug-likeness (QED) is 0.930. The zero-order valence-electron chi connectivity index (χ0n) is 10.9. The largest absolute Gasteiger partial charge is 0.488 e. The lowest BCUT2D eigenvalue weighted by atomic mass is 10.1. The average Bonchev–Trinajstić information content (AvgIpc) is 2.85. The summed E-state index contributed by atoms with van der Waals surface area (Å²) >= 11 is 6.03. The fourth-order valence-electron chi connectivity index (χ4n) is 2.41. The van der Waals surface area contributed by atoms with E-state index in [-0.39, 0.29) is 11.9 Å². The van der Waals surface area contributed by atoms with Crippen LogP contribution in [0.4, 0.5) is 4.39 Å². The van der Waals surface area contributed by atoms with Crippen LogP contribution in [0.3, 0.4) is 0 Å². The average molecular weight is 292 g/mol. The molecule has 2 aromatic carbocycles. The van der Waals surface area contributed by atoms with Gasteiger partial charge in [-0.2, -0.15) is 0 Å². The van der Waals surface area contributed by atoms with Crippen molar-refractivity contribution in [2.45, 2.75) is 19.1 Å². The van der Waals surface area contributed by atoms with Crippen LogP contribution in [0.1, 0.15) is 11.1 Å². The number of ether oxygens (including phenoxy) is 1. The van der Waals surface area contributed by atoms with Crippen LogP contribution in [-0.4, -0.2) is 12.6 Å². The first-order chi connectivity index (χ1) is 9.72. The second kappa shape index (κ2) is 5.81. The van der Waals surface area contributed by atoms with Crippen molar-refractivity contribution in [2.75, 3.05) is 6.54 Å². The molecule has 20 heavy (non-hydrogen) atoms. The number of nitrogens with one attached hydrogen (secondary N) is 1. The first-order valence-corrected chi connectivity index (χ1v) is 6.99. The van der Waals surface area contributed by atoms with Gasteiger partial charge < -0.3 is 10.1 Å². The third-order valence-electron chi connectivity index (χ3n) is 3.41. The Labute approximate surface area is 122 Å². The molecule has 2 nitrogen and oxygen atoms in total. The minimum absolute atomic E-state index is 0.125. The number of hydrogen-bond acceptors (Lipinski definition) is 2. The van der Waals surface area contributed by atoms with Gasteiger partial charge in [-0.15, -0.1) is 0 Å². The van der Waals surface area contributed by atoms with Crippen LogP contribution in [0.2, 0.25) is 5.02 Å². The number of rotatable bonds is 4. The summed E-state index contributed by atoms with van der Waals surface area (Å²) < 4.78 is 19.0. The predicted octanol–water partition coefficient (Wildman–Crippen LogP) is 3.57.